The van der Waals surface area contributed by atoms with Gasteiger partial charge in [0.1, 0.15) is 23.7 Å². The molecular weight excluding hydrogens is 348 g/mol. The van der Waals surface area contributed by atoms with Gasteiger partial charge in [0.05, 0.1) is 6.04 Å². The van der Waals surface area contributed by atoms with Gasteiger partial charge < -0.3 is 9.47 Å². The zero-order chi connectivity index (χ0) is 18.7. The minimum Gasteiger partial charge on any atom is -0.474 e. The fourth-order valence-electron chi connectivity index (χ4n) is 4.90. The molecule has 0 radical (unpaired) electrons. The van der Waals surface area contributed by atoms with Crippen molar-refractivity contribution in [1.29, 1.82) is 0 Å². The monoisotopic (exact) mass is 372 g/mol. The molecular formula is C24H24N2O2. The molecule has 1 aromatic carbocycles. The van der Waals surface area contributed by atoms with Gasteiger partial charge in [-0.1, -0.05) is 60.7 Å². The molecule has 142 valence electrons. The maximum absolute atomic E-state index is 6.42. The second-order valence-electron chi connectivity index (χ2n) is 8.56. The predicted molar refractivity (Wildman–Crippen MR) is 110 cm³/mol. The molecule has 5 aliphatic rings. The van der Waals surface area contributed by atoms with Crippen molar-refractivity contribution >= 4 is 11.8 Å². The minimum atomic E-state index is -0.225. The summed E-state index contributed by atoms with van der Waals surface area (Å²) < 4.78 is 12.8. The van der Waals surface area contributed by atoms with Crippen LogP contribution in [0.15, 0.2) is 70.7 Å². The Morgan fingerprint density at radius 2 is 1.79 bits per heavy atom. The van der Waals surface area contributed by atoms with Crippen LogP contribution in [0, 0.1) is 5.41 Å². The van der Waals surface area contributed by atoms with Crippen molar-refractivity contribution in [1.82, 2.24) is 0 Å². The number of ether oxygens (including phenoxy) is 2. The second-order valence-corrected chi connectivity index (χ2v) is 8.56. The van der Waals surface area contributed by atoms with Crippen molar-refractivity contribution < 1.29 is 9.47 Å². The summed E-state index contributed by atoms with van der Waals surface area (Å²) in [5.74, 6) is 1.71. The lowest BCUT2D eigenvalue weighted by atomic mass is 10.0. The Hall–Kier alpha value is -2.62. The summed E-state index contributed by atoms with van der Waals surface area (Å²) >= 11 is 0. The molecule has 0 bridgehead atoms. The molecule has 1 saturated carbocycles. The summed E-state index contributed by atoms with van der Waals surface area (Å²) in [7, 11) is 0. The van der Waals surface area contributed by atoms with Crippen LogP contribution in [0.1, 0.15) is 42.9 Å². The Bertz CT molecular complexity index is 967. The van der Waals surface area contributed by atoms with Crippen LogP contribution in [-0.4, -0.2) is 30.0 Å². The maximum atomic E-state index is 6.42. The molecule has 1 fully saturated rings. The summed E-state index contributed by atoms with van der Waals surface area (Å²) in [5.41, 5.74) is 3.55. The molecule has 0 saturated heterocycles. The first-order valence-electron chi connectivity index (χ1n) is 10.3. The first-order valence-corrected chi connectivity index (χ1v) is 10.3. The van der Waals surface area contributed by atoms with Crippen molar-refractivity contribution in [2.24, 2.45) is 15.4 Å². The van der Waals surface area contributed by atoms with Gasteiger partial charge in [0.25, 0.3) is 0 Å². The molecule has 1 aromatic rings. The van der Waals surface area contributed by atoms with Crippen LogP contribution in [0.4, 0.5) is 0 Å². The number of rotatable bonds is 2. The topological polar surface area (TPSA) is 43.2 Å². The van der Waals surface area contributed by atoms with E-state index in [1.807, 2.05) is 6.08 Å². The van der Waals surface area contributed by atoms with E-state index in [-0.39, 0.29) is 29.7 Å². The third kappa shape index (κ3) is 2.43. The van der Waals surface area contributed by atoms with E-state index in [1.54, 1.807) is 0 Å². The number of aliphatic imine (C=N–C) groups is 2. The Morgan fingerprint density at radius 3 is 2.68 bits per heavy atom. The van der Waals surface area contributed by atoms with Gasteiger partial charge in [-0.15, -0.1) is 0 Å². The first-order chi connectivity index (χ1) is 13.7. The SMILES string of the molecule is C=C1/C=C\C=C/C[C@H]2N=C(C3(C4=N[C@@H]5c6ccccc6C[C@@H]5O4)CC3)O[C@H]2C1. The minimum absolute atomic E-state index is 0.0644. The highest BCUT2D eigenvalue weighted by atomic mass is 16.5. The summed E-state index contributed by atoms with van der Waals surface area (Å²) in [6.45, 7) is 4.16. The number of allylic oxidation sites excluding steroid dienone is 3. The highest BCUT2D eigenvalue weighted by Gasteiger charge is 2.60. The number of hydrogen-bond acceptors (Lipinski definition) is 4. The molecule has 0 amide bonds. The first kappa shape index (κ1) is 16.3. The van der Waals surface area contributed by atoms with Gasteiger partial charge >= 0.3 is 0 Å². The molecule has 0 spiro atoms. The molecule has 6 rings (SSSR count). The van der Waals surface area contributed by atoms with Gasteiger partial charge in [-0.25, -0.2) is 9.98 Å². The summed E-state index contributed by atoms with van der Waals surface area (Å²) in [5, 5.41) is 0. The van der Waals surface area contributed by atoms with Crippen LogP contribution in [0.2, 0.25) is 0 Å². The lowest BCUT2D eigenvalue weighted by molar-refractivity contribution is 0.173. The maximum Gasteiger partial charge on any atom is 0.200 e. The van der Waals surface area contributed by atoms with Crippen LogP contribution in [-0.2, 0) is 15.9 Å². The Balaban J connectivity index is 1.28. The molecule has 0 unspecified atom stereocenters. The molecule has 0 aromatic heterocycles. The number of benzene rings is 1. The standard InChI is InChI=1S/C24H24N2O2/c1-15-7-3-2-4-10-18-19(13-15)27-22(25-18)24(11-12-24)23-26-21-17-9-6-5-8-16(17)14-20(21)28-23/h2-9,18-21H,1,10-14H2/b4-2-,7-3-/t18-,19+,20+,21-/m1/s1. The molecule has 4 nitrogen and oxygen atoms in total. The molecule has 2 aliphatic heterocycles. The van der Waals surface area contributed by atoms with Gasteiger partial charge in [0.2, 0.25) is 0 Å². The normalized spacial score (nSPS) is 36.4. The summed E-state index contributed by atoms with van der Waals surface area (Å²) in [6, 6.07) is 8.87. The molecule has 2 heterocycles. The van der Waals surface area contributed by atoms with E-state index in [1.165, 1.54) is 11.1 Å². The summed E-state index contributed by atoms with van der Waals surface area (Å²) in [4.78, 5) is 10.1. The quantitative estimate of drug-likeness (QED) is 0.768. The average molecular weight is 372 g/mol. The zero-order valence-corrected chi connectivity index (χ0v) is 15.9. The van der Waals surface area contributed by atoms with Crippen molar-refractivity contribution in [3.8, 4) is 0 Å². The van der Waals surface area contributed by atoms with Crippen molar-refractivity contribution in [3.63, 3.8) is 0 Å². The number of hydrogen-bond donors (Lipinski definition) is 0. The van der Waals surface area contributed by atoms with Gasteiger partial charge in [-0.3, -0.25) is 0 Å². The highest BCUT2D eigenvalue weighted by molar-refractivity contribution is 6.09. The van der Waals surface area contributed by atoms with Crippen LogP contribution in [0.5, 0.6) is 0 Å². The molecule has 4 atom stereocenters. The highest BCUT2D eigenvalue weighted by Crippen LogP contribution is 2.55. The molecule has 3 aliphatic carbocycles. The van der Waals surface area contributed by atoms with Crippen LogP contribution in [0.25, 0.3) is 0 Å². The number of nitrogens with zero attached hydrogens (tertiary/aromatic N) is 2. The third-order valence-corrected chi connectivity index (χ3v) is 6.63. The second kappa shape index (κ2) is 5.94. The molecule has 4 heteroatoms. The van der Waals surface area contributed by atoms with Crippen LogP contribution < -0.4 is 0 Å². The van der Waals surface area contributed by atoms with E-state index in [2.05, 4.69) is 49.1 Å². The van der Waals surface area contributed by atoms with E-state index in [4.69, 9.17) is 19.5 Å². The van der Waals surface area contributed by atoms with Gasteiger partial charge in [-0.2, -0.15) is 0 Å². The largest absolute Gasteiger partial charge is 0.474 e. The molecule has 0 N–H and O–H groups in total. The summed E-state index contributed by atoms with van der Waals surface area (Å²) in [6.07, 6.45) is 13.3. The lowest BCUT2D eigenvalue weighted by Gasteiger charge is -2.20. The molecule has 28 heavy (non-hydrogen) atoms. The van der Waals surface area contributed by atoms with E-state index in [9.17, 15) is 0 Å². The van der Waals surface area contributed by atoms with E-state index in [0.717, 1.165) is 49.5 Å². The fraction of sp³-hybridized carbons (Fsp3) is 0.417. The Labute approximate surface area is 165 Å². The van der Waals surface area contributed by atoms with E-state index >= 15 is 0 Å². The smallest absolute Gasteiger partial charge is 0.200 e. The third-order valence-electron chi connectivity index (χ3n) is 6.63. The van der Waals surface area contributed by atoms with E-state index in [0.29, 0.717) is 0 Å². The lowest BCUT2D eigenvalue weighted by Crippen LogP contribution is -2.30. The Kier molecular flexibility index (Phi) is 3.47. The van der Waals surface area contributed by atoms with Gasteiger partial charge in [0.15, 0.2) is 11.8 Å². The predicted octanol–water partition coefficient (Wildman–Crippen LogP) is 4.49. The van der Waals surface area contributed by atoms with Crippen molar-refractivity contribution in [3.05, 3.63) is 71.8 Å². The van der Waals surface area contributed by atoms with Gasteiger partial charge in [0, 0.05) is 12.8 Å². The van der Waals surface area contributed by atoms with Crippen LogP contribution in [0.3, 0.4) is 0 Å². The van der Waals surface area contributed by atoms with Gasteiger partial charge in [-0.05, 0) is 30.4 Å². The van der Waals surface area contributed by atoms with Crippen LogP contribution >= 0.6 is 0 Å². The Morgan fingerprint density at radius 1 is 0.964 bits per heavy atom. The number of fused-ring (bicyclic) bond motifs is 4. The van der Waals surface area contributed by atoms with E-state index < -0.39 is 0 Å². The fourth-order valence-corrected chi connectivity index (χ4v) is 4.90. The van der Waals surface area contributed by atoms with Crippen molar-refractivity contribution in [2.45, 2.75) is 56.4 Å². The van der Waals surface area contributed by atoms with Crippen molar-refractivity contribution in [2.75, 3.05) is 0 Å². The zero-order valence-electron chi connectivity index (χ0n) is 15.9. The average Bonchev–Trinajstić information content (AvgIpc) is 3.05.